The molecule has 0 amide bonds. The van der Waals surface area contributed by atoms with Crippen molar-refractivity contribution in [3.63, 3.8) is 0 Å². The van der Waals surface area contributed by atoms with Crippen molar-refractivity contribution in [1.82, 2.24) is 19.9 Å². The maximum atomic E-state index is 5.57. The monoisotopic (exact) mass is 164 g/mol. The number of H-pyrrole nitrogens is 1. The molecule has 0 aliphatic rings. The highest BCUT2D eigenvalue weighted by atomic mass is 15.1. The van der Waals surface area contributed by atoms with Gasteiger partial charge in [-0.25, -0.2) is 4.98 Å². The quantitative estimate of drug-likeness (QED) is 0.501. The number of aromatic nitrogens is 4. The number of nitrogens with zero attached hydrogens (tertiary/aromatic N) is 3. The molecule has 62 valence electrons. The summed E-state index contributed by atoms with van der Waals surface area (Å²) in [5.41, 5.74) is 12.1. The van der Waals surface area contributed by atoms with Crippen molar-refractivity contribution in [3.05, 3.63) is 5.82 Å². The minimum Gasteiger partial charge on any atom is -0.382 e. The summed E-state index contributed by atoms with van der Waals surface area (Å²) in [5, 5.41) is 0. The third kappa shape index (κ3) is 0.849. The first-order chi connectivity index (χ1) is 5.66. The van der Waals surface area contributed by atoms with Crippen LogP contribution in [0.4, 0.5) is 11.8 Å². The molecule has 0 aliphatic heterocycles. The Labute approximate surface area is 68.0 Å². The van der Waals surface area contributed by atoms with E-state index < -0.39 is 0 Å². The van der Waals surface area contributed by atoms with Gasteiger partial charge in [-0.05, 0) is 6.92 Å². The van der Waals surface area contributed by atoms with Crippen LogP contribution >= 0.6 is 0 Å². The van der Waals surface area contributed by atoms with Crippen molar-refractivity contribution < 1.29 is 0 Å². The summed E-state index contributed by atoms with van der Waals surface area (Å²) in [6, 6.07) is 0. The summed E-state index contributed by atoms with van der Waals surface area (Å²) in [6.07, 6.45) is 0. The number of hydrogen-bond acceptors (Lipinski definition) is 5. The van der Waals surface area contributed by atoms with Gasteiger partial charge in [-0.1, -0.05) is 0 Å². The lowest BCUT2D eigenvalue weighted by Crippen LogP contribution is -1.99. The zero-order valence-corrected chi connectivity index (χ0v) is 6.50. The van der Waals surface area contributed by atoms with Crippen molar-refractivity contribution in [2.75, 3.05) is 11.5 Å². The molecule has 2 rings (SSSR count). The first kappa shape index (κ1) is 6.84. The van der Waals surface area contributed by atoms with E-state index in [1.54, 1.807) is 0 Å². The van der Waals surface area contributed by atoms with Crippen molar-refractivity contribution in [1.29, 1.82) is 0 Å². The largest absolute Gasteiger partial charge is 0.382 e. The van der Waals surface area contributed by atoms with Crippen LogP contribution in [-0.2, 0) is 0 Å². The van der Waals surface area contributed by atoms with Crippen LogP contribution in [0.3, 0.4) is 0 Å². The van der Waals surface area contributed by atoms with Crippen molar-refractivity contribution >= 4 is 22.9 Å². The molecule has 0 radical (unpaired) electrons. The van der Waals surface area contributed by atoms with Gasteiger partial charge in [0.1, 0.15) is 11.3 Å². The Hall–Kier alpha value is -1.85. The average molecular weight is 164 g/mol. The number of rotatable bonds is 0. The smallest absolute Gasteiger partial charge is 0.224 e. The molecule has 2 aromatic rings. The van der Waals surface area contributed by atoms with Crippen molar-refractivity contribution in [3.8, 4) is 0 Å². The van der Waals surface area contributed by atoms with Gasteiger partial charge in [0.2, 0.25) is 5.95 Å². The molecule has 0 saturated heterocycles. The van der Waals surface area contributed by atoms with Gasteiger partial charge in [0.05, 0.1) is 0 Å². The summed E-state index contributed by atoms with van der Waals surface area (Å²) in [5.74, 6) is 1.22. The van der Waals surface area contributed by atoms with E-state index in [4.69, 9.17) is 11.5 Å². The Balaban J connectivity index is 2.88. The lowest BCUT2D eigenvalue weighted by atomic mass is 10.5. The SMILES string of the molecule is Cc1nc2nc(N)nc(N)c2[nH]1. The molecule has 0 spiro atoms. The van der Waals surface area contributed by atoms with Gasteiger partial charge in [0.25, 0.3) is 0 Å². The predicted molar refractivity (Wildman–Crippen MR) is 45.2 cm³/mol. The minimum absolute atomic E-state index is 0.145. The maximum Gasteiger partial charge on any atom is 0.224 e. The molecular formula is C6H8N6. The number of anilines is 2. The van der Waals surface area contributed by atoms with E-state index in [0.717, 1.165) is 5.82 Å². The second-order valence-corrected chi connectivity index (χ2v) is 2.49. The van der Waals surface area contributed by atoms with Gasteiger partial charge >= 0.3 is 0 Å². The van der Waals surface area contributed by atoms with E-state index in [-0.39, 0.29) is 5.95 Å². The third-order valence-corrected chi connectivity index (χ3v) is 1.51. The topological polar surface area (TPSA) is 106 Å². The van der Waals surface area contributed by atoms with Crippen LogP contribution in [0.25, 0.3) is 11.2 Å². The number of aryl methyl sites for hydroxylation is 1. The fraction of sp³-hybridized carbons (Fsp3) is 0.167. The van der Waals surface area contributed by atoms with Crippen LogP contribution in [0.5, 0.6) is 0 Å². The molecule has 0 aliphatic carbocycles. The van der Waals surface area contributed by atoms with Crippen LogP contribution < -0.4 is 11.5 Å². The summed E-state index contributed by atoms with van der Waals surface area (Å²) >= 11 is 0. The molecule has 0 aromatic carbocycles. The number of hydrogen-bond donors (Lipinski definition) is 3. The fourth-order valence-corrected chi connectivity index (χ4v) is 1.05. The highest BCUT2D eigenvalue weighted by molar-refractivity contribution is 5.82. The van der Waals surface area contributed by atoms with Gasteiger partial charge in [0.15, 0.2) is 11.5 Å². The van der Waals surface area contributed by atoms with E-state index in [1.807, 2.05) is 6.92 Å². The summed E-state index contributed by atoms with van der Waals surface area (Å²) in [6.45, 7) is 1.82. The number of nitrogen functional groups attached to an aromatic ring is 2. The highest BCUT2D eigenvalue weighted by Crippen LogP contribution is 2.14. The first-order valence-corrected chi connectivity index (χ1v) is 3.42. The Morgan fingerprint density at radius 1 is 1.17 bits per heavy atom. The fourth-order valence-electron chi connectivity index (χ4n) is 1.05. The molecule has 2 heterocycles. The molecule has 0 atom stereocenters. The molecular weight excluding hydrogens is 156 g/mol. The number of aromatic amines is 1. The number of nitrogens with two attached hydrogens (primary N) is 2. The molecule has 12 heavy (non-hydrogen) atoms. The van der Waals surface area contributed by atoms with Crippen LogP contribution in [0.2, 0.25) is 0 Å². The Kier molecular flexibility index (Phi) is 1.18. The van der Waals surface area contributed by atoms with Crippen LogP contribution in [0.15, 0.2) is 0 Å². The normalized spacial score (nSPS) is 10.8. The van der Waals surface area contributed by atoms with Crippen LogP contribution in [0, 0.1) is 6.92 Å². The number of nitrogens with one attached hydrogen (secondary N) is 1. The Morgan fingerprint density at radius 3 is 2.67 bits per heavy atom. The summed E-state index contributed by atoms with van der Waals surface area (Å²) < 4.78 is 0. The van der Waals surface area contributed by atoms with Crippen molar-refractivity contribution in [2.45, 2.75) is 6.92 Å². The third-order valence-electron chi connectivity index (χ3n) is 1.51. The molecule has 0 fully saturated rings. The van der Waals surface area contributed by atoms with Gasteiger partial charge in [-0.2, -0.15) is 9.97 Å². The Morgan fingerprint density at radius 2 is 1.92 bits per heavy atom. The zero-order valence-electron chi connectivity index (χ0n) is 6.50. The van der Waals surface area contributed by atoms with E-state index in [0.29, 0.717) is 17.0 Å². The van der Waals surface area contributed by atoms with E-state index >= 15 is 0 Å². The molecule has 0 unspecified atom stereocenters. The molecule has 6 heteroatoms. The second kappa shape index (κ2) is 2.07. The summed E-state index contributed by atoms with van der Waals surface area (Å²) in [7, 11) is 0. The molecule has 6 nitrogen and oxygen atoms in total. The van der Waals surface area contributed by atoms with E-state index in [1.165, 1.54) is 0 Å². The van der Waals surface area contributed by atoms with Gasteiger partial charge in [-0.15, -0.1) is 0 Å². The lowest BCUT2D eigenvalue weighted by Gasteiger charge is -1.94. The summed E-state index contributed by atoms with van der Waals surface area (Å²) in [4.78, 5) is 14.7. The molecule has 5 N–H and O–H groups in total. The molecule has 0 bridgehead atoms. The van der Waals surface area contributed by atoms with E-state index in [9.17, 15) is 0 Å². The zero-order chi connectivity index (χ0) is 8.72. The maximum absolute atomic E-state index is 5.57. The minimum atomic E-state index is 0.145. The molecule has 0 saturated carbocycles. The van der Waals surface area contributed by atoms with Crippen LogP contribution in [0.1, 0.15) is 5.82 Å². The standard InChI is InChI=1S/C6H8N6/c1-2-9-3-4(7)11-6(8)12-5(3)10-2/h1H3,(H5,7,8,9,10,11,12). The van der Waals surface area contributed by atoms with E-state index in [2.05, 4.69) is 19.9 Å². The van der Waals surface area contributed by atoms with Gasteiger partial charge in [-0.3, -0.25) is 0 Å². The first-order valence-electron chi connectivity index (χ1n) is 3.42. The average Bonchev–Trinajstić information content (AvgIpc) is 2.29. The second-order valence-electron chi connectivity index (χ2n) is 2.49. The van der Waals surface area contributed by atoms with Gasteiger partial charge in [0, 0.05) is 0 Å². The van der Waals surface area contributed by atoms with Gasteiger partial charge < -0.3 is 16.5 Å². The number of imidazole rings is 1. The number of fused-ring (bicyclic) bond motifs is 1. The predicted octanol–water partition coefficient (Wildman–Crippen LogP) is -0.174. The lowest BCUT2D eigenvalue weighted by molar-refractivity contribution is 1.16. The van der Waals surface area contributed by atoms with Crippen molar-refractivity contribution in [2.24, 2.45) is 0 Å². The Bertz CT molecular complexity index is 431. The molecule has 2 aromatic heterocycles. The van der Waals surface area contributed by atoms with Crippen LogP contribution in [-0.4, -0.2) is 19.9 Å². The highest BCUT2D eigenvalue weighted by Gasteiger charge is 2.06.